The van der Waals surface area contributed by atoms with E-state index in [0.717, 1.165) is 52.2 Å². The van der Waals surface area contributed by atoms with Gasteiger partial charge in [-0.1, -0.05) is 52.4 Å². The van der Waals surface area contributed by atoms with E-state index < -0.39 is 0 Å². The van der Waals surface area contributed by atoms with Gasteiger partial charge in [0.05, 0.1) is 66.1 Å². The number of hydrogen-bond acceptors (Lipinski definition) is 8. The smallest absolute Gasteiger partial charge is 0.0701 e. The van der Waals surface area contributed by atoms with E-state index in [2.05, 4.69) is 24.5 Å². The largest absolute Gasteiger partial charge is 0.379 e. The van der Waals surface area contributed by atoms with Crippen LogP contribution in [0.3, 0.4) is 0 Å². The van der Waals surface area contributed by atoms with Crippen LogP contribution in [0.5, 0.6) is 0 Å². The molecule has 0 fully saturated rings. The number of rotatable bonds is 31. The summed E-state index contributed by atoms with van der Waals surface area (Å²) in [5, 5.41) is 6.61. The minimum atomic E-state index is 0.620. The van der Waals surface area contributed by atoms with Gasteiger partial charge in [0.2, 0.25) is 0 Å². The zero-order chi connectivity index (χ0) is 24.6. The Morgan fingerprint density at radius 1 is 0.324 bits per heavy atom. The summed E-state index contributed by atoms with van der Waals surface area (Å²) in [7, 11) is 0. The summed E-state index contributed by atoms with van der Waals surface area (Å²) in [4.78, 5) is 0. The minimum absolute atomic E-state index is 0.620. The van der Waals surface area contributed by atoms with E-state index in [1.807, 2.05) is 0 Å². The Labute approximate surface area is 210 Å². The fraction of sp³-hybridized carbons (Fsp3) is 1.00. The van der Waals surface area contributed by atoms with Crippen LogP contribution < -0.4 is 10.6 Å². The zero-order valence-corrected chi connectivity index (χ0v) is 22.4. The molecule has 0 unspecified atom stereocenters. The lowest BCUT2D eigenvalue weighted by molar-refractivity contribution is 0.0403. The molecule has 0 heterocycles. The van der Waals surface area contributed by atoms with Crippen LogP contribution in [0.15, 0.2) is 0 Å². The molecule has 34 heavy (non-hydrogen) atoms. The fourth-order valence-electron chi connectivity index (χ4n) is 3.06. The first-order valence-corrected chi connectivity index (χ1v) is 13.8. The highest BCUT2D eigenvalue weighted by Gasteiger charge is 1.95. The van der Waals surface area contributed by atoms with Crippen molar-refractivity contribution in [2.24, 2.45) is 0 Å². The topological polar surface area (TPSA) is 79.4 Å². The van der Waals surface area contributed by atoms with Gasteiger partial charge in [0, 0.05) is 39.4 Å². The lowest BCUT2D eigenvalue weighted by Crippen LogP contribution is -2.26. The number of ether oxygens (including phenoxy) is 6. The van der Waals surface area contributed by atoms with Crippen molar-refractivity contribution in [3.8, 4) is 0 Å². The molecule has 0 aliphatic rings. The van der Waals surface area contributed by atoms with Gasteiger partial charge in [-0.25, -0.2) is 0 Å². The van der Waals surface area contributed by atoms with E-state index in [1.165, 1.54) is 38.5 Å². The van der Waals surface area contributed by atoms with E-state index in [4.69, 9.17) is 28.4 Å². The SMILES string of the molecule is CCCCCCOCCOCCNCCOCCOCCNCCOCCOCCCCCC. The number of hydrogen-bond donors (Lipinski definition) is 2. The van der Waals surface area contributed by atoms with Crippen LogP contribution in [0.1, 0.15) is 65.2 Å². The van der Waals surface area contributed by atoms with Gasteiger partial charge in [-0.2, -0.15) is 0 Å². The molecule has 0 aliphatic heterocycles. The van der Waals surface area contributed by atoms with E-state index in [1.54, 1.807) is 0 Å². The molecule has 8 nitrogen and oxygen atoms in total. The first-order valence-electron chi connectivity index (χ1n) is 13.8. The molecule has 2 N–H and O–H groups in total. The van der Waals surface area contributed by atoms with Crippen LogP contribution >= 0.6 is 0 Å². The van der Waals surface area contributed by atoms with E-state index in [0.29, 0.717) is 66.1 Å². The maximum Gasteiger partial charge on any atom is 0.0701 e. The molecule has 206 valence electrons. The van der Waals surface area contributed by atoms with Crippen molar-refractivity contribution in [2.75, 3.05) is 105 Å². The molecule has 0 atom stereocenters. The third-order valence-corrected chi connectivity index (χ3v) is 5.09. The molecule has 0 saturated carbocycles. The Kier molecular flexibility index (Phi) is 32.4. The summed E-state index contributed by atoms with van der Waals surface area (Å²) in [5.74, 6) is 0. The van der Waals surface area contributed by atoms with Crippen LogP contribution in [0.2, 0.25) is 0 Å². The second-order valence-corrected chi connectivity index (χ2v) is 8.30. The highest BCUT2D eigenvalue weighted by atomic mass is 16.5. The summed E-state index contributed by atoms with van der Waals surface area (Å²) in [6.45, 7) is 16.2. The highest BCUT2D eigenvalue weighted by molar-refractivity contribution is 4.47. The highest BCUT2D eigenvalue weighted by Crippen LogP contribution is 1.99. The Morgan fingerprint density at radius 3 is 0.912 bits per heavy atom. The van der Waals surface area contributed by atoms with E-state index >= 15 is 0 Å². The number of nitrogens with one attached hydrogen (secondary N) is 2. The van der Waals surface area contributed by atoms with E-state index in [-0.39, 0.29) is 0 Å². The van der Waals surface area contributed by atoms with Crippen molar-refractivity contribution in [1.82, 2.24) is 10.6 Å². The van der Waals surface area contributed by atoms with Crippen LogP contribution in [0.25, 0.3) is 0 Å². The molecule has 0 spiro atoms. The van der Waals surface area contributed by atoms with Crippen molar-refractivity contribution in [3.05, 3.63) is 0 Å². The maximum atomic E-state index is 5.55. The second-order valence-electron chi connectivity index (χ2n) is 8.30. The summed E-state index contributed by atoms with van der Waals surface area (Å²) in [6, 6.07) is 0. The van der Waals surface area contributed by atoms with Gasteiger partial charge in [-0.3, -0.25) is 0 Å². The first-order chi connectivity index (χ1) is 16.9. The van der Waals surface area contributed by atoms with Gasteiger partial charge in [-0.05, 0) is 12.8 Å². The minimum Gasteiger partial charge on any atom is -0.379 e. The van der Waals surface area contributed by atoms with Gasteiger partial charge in [0.1, 0.15) is 0 Å². The molecule has 0 aromatic carbocycles. The van der Waals surface area contributed by atoms with Crippen molar-refractivity contribution in [3.63, 3.8) is 0 Å². The molecule has 0 amide bonds. The van der Waals surface area contributed by atoms with Gasteiger partial charge in [-0.15, -0.1) is 0 Å². The van der Waals surface area contributed by atoms with Crippen molar-refractivity contribution in [1.29, 1.82) is 0 Å². The van der Waals surface area contributed by atoms with Gasteiger partial charge >= 0.3 is 0 Å². The standard InChI is InChI=1S/C26H56N2O6/c1-3-5-7-9-15-29-21-23-31-17-11-27-13-19-33-25-26-34-20-14-28-12-18-32-24-22-30-16-10-8-6-4-2/h27-28H,3-26H2,1-2H3. The Hall–Kier alpha value is -0.320. The molecular formula is C26H56N2O6. The van der Waals surface area contributed by atoms with Crippen LogP contribution in [0.4, 0.5) is 0 Å². The molecule has 0 rings (SSSR count). The van der Waals surface area contributed by atoms with E-state index in [9.17, 15) is 0 Å². The predicted molar refractivity (Wildman–Crippen MR) is 139 cm³/mol. The maximum absolute atomic E-state index is 5.55. The Bertz CT molecular complexity index is 321. The molecule has 0 aromatic heterocycles. The first kappa shape index (κ1) is 33.7. The third-order valence-electron chi connectivity index (χ3n) is 5.09. The number of unbranched alkanes of at least 4 members (excludes halogenated alkanes) is 6. The second kappa shape index (κ2) is 32.7. The van der Waals surface area contributed by atoms with Gasteiger partial charge in [0.15, 0.2) is 0 Å². The molecule has 0 aliphatic carbocycles. The summed E-state index contributed by atoms with van der Waals surface area (Å²) in [6.07, 6.45) is 9.96. The average molecular weight is 493 g/mol. The molecule has 0 bridgehead atoms. The lowest BCUT2D eigenvalue weighted by Gasteiger charge is -2.09. The van der Waals surface area contributed by atoms with Crippen LogP contribution in [0, 0.1) is 0 Å². The Balaban J connectivity index is 2.99. The average Bonchev–Trinajstić information content (AvgIpc) is 2.85. The van der Waals surface area contributed by atoms with Crippen molar-refractivity contribution < 1.29 is 28.4 Å². The summed E-state index contributed by atoms with van der Waals surface area (Å²) >= 11 is 0. The quantitative estimate of drug-likeness (QED) is 0.143. The normalized spacial score (nSPS) is 11.5. The van der Waals surface area contributed by atoms with Gasteiger partial charge in [0.25, 0.3) is 0 Å². The molecule has 8 heteroatoms. The van der Waals surface area contributed by atoms with Crippen molar-refractivity contribution >= 4 is 0 Å². The molecular weight excluding hydrogens is 436 g/mol. The lowest BCUT2D eigenvalue weighted by atomic mass is 10.2. The monoisotopic (exact) mass is 492 g/mol. The molecule has 0 aromatic rings. The van der Waals surface area contributed by atoms with Gasteiger partial charge < -0.3 is 39.1 Å². The zero-order valence-electron chi connectivity index (χ0n) is 22.4. The predicted octanol–water partition coefficient (Wildman–Crippen LogP) is 3.43. The summed E-state index contributed by atoms with van der Waals surface area (Å²) in [5.41, 5.74) is 0. The molecule has 0 radical (unpaired) electrons. The summed E-state index contributed by atoms with van der Waals surface area (Å²) < 4.78 is 33.3. The van der Waals surface area contributed by atoms with Crippen LogP contribution in [-0.2, 0) is 28.4 Å². The Morgan fingerprint density at radius 2 is 0.618 bits per heavy atom. The molecule has 0 saturated heterocycles. The fourth-order valence-corrected chi connectivity index (χ4v) is 3.06. The van der Waals surface area contributed by atoms with Crippen molar-refractivity contribution in [2.45, 2.75) is 65.2 Å². The third kappa shape index (κ3) is 31.7. The van der Waals surface area contributed by atoms with Crippen LogP contribution in [-0.4, -0.2) is 105 Å².